The summed E-state index contributed by atoms with van der Waals surface area (Å²) in [6, 6.07) is 3.92. The van der Waals surface area contributed by atoms with Gasteiger partial charge in [-0.3, -0.25) is 0 Å². The first-order valence-corrected chi connectivity index (χ1v) is 5.80. The second-order valence-corrected chi connectivity index (χ2v) is 4.18. The van der Waals surface area contributed by atoms with Gasteiger partial charge in [-0.25, -0.2) is 9.78 Å². The predicted octanol–water partition coefficient (Wildman–Crippen LogP) is 2.35. The molecule has 0 amide bonds. The van der Waals surface area contributed by atoms with Crippen LogP contribution < -0.4 is 14.2 Å². The molecule has 1 aromatic carbocycles. The molecule has 0 N–H and O–H groups in total. The smallest absolute Gasteiger partial charge is 0.496 e. The number of hydrogen-bond donors (Lipinski definition) is 0. The number of ether oxygens (including phenoxy) is 4. The van der Waals surface area contributed by atoms with Crippen LogP contribution in [0.4, 0.5) is 8.78 Å². The van der Waals surface area contributed by atoms with Crippen LogP contribution in [0.2, 0.25) is 0 Å². The summed E-state index contributed by atoms with van der Waals surface area (Å²) < 4.78 is 44.6. The van der Waals surface area contributed by atoms with E-state index < -0.39 is 12.3 Å². The summed E-state index contributed by atoms with van der Waals surface area (Å²) in [5.74, 6) is -0.678. The topological polar surface area (TPSA) is 66.9 Å². The van der Waals surface area contributed by atoms with Crippen LogP contribution in [0.25, 0.3) is 10.9 Å². The van der Waals surface area contributed by atoms with Crippen LogP contribution in [0.15, 0.2) is 18.2 Å². The lowest BCUT2D eigenvalue weighted by Crippen LogP contribution is -2.25. The molecule has 0 saturated carbocycles. The number of hydrogen-bond acceptors (Lipinski definition) is 6. The van der Waals surface area contributed by atoms with Gasteiger partial charge in [0.2, 0.25) is 0 Å². The lowest BCUT2D eigenvalue weighted by Gasteiger charge is -2.08. The molecule has 1 aliphatic rings. The van der Waals surface area contributed by atoms with Crippen LogP contribution in [0.5, 0.6) is 17.2 Å². The highest BCUT2D eigenvalue weighted by Gasteiger charge is 2.43. The number of fused-ring (bicyclic) bond motifs is 2. The molecule has 110 valence electrons. The largest absolute Gasteiger partial charge is 0.586 e. The second kappa shape index (κ2) is 4.44. The van der Waals surface area contributed by atoms with Crippen LogP contribution in [0.1, 0.15) is 10.5 Å². The van der Waals surface area contributed by atoms with Gasteiger partial charge >= 0.3 is 12.3 Å². The third-order valence-corrected chi connectivity index (χ3v) is 2.91. The average Bonchev–Trinajstić information content (AvgIpc) is 2.75. The van der Waals surface area contributed by atoms with E-state index in [1.165, 1.54) is 32.4 Å². The van der Waals surface area contributed by atoms with E-state index in [4.69, 9.17) is 4.74 Å². The van der Waals surface area contributed by atoms with E-state index in [0.717, 1.165) is 0 Å². The lowest BCUT2D eigenvalue weighted by molar-refractivity contribution is -0.286. The number of aromatic nitrogens is 1. The Morgan fingerprint density at radius 2 is 1.86 bits per heavy atom. The van der Waals surface area contributed by atoms with Gasteiger partial charge in [0.05, 0.1) is 19.7 Å². The maximum atomic E-state index is 13.1. The third kappa shape index (κ3) is 2.18. The number of esters is 1. The zero-order valence-electron chi connectivity index (χ0n) is 11.0. The van der Waals surface area contributed by atoms with Crippen molar-refractivity contribution in [3.63, 3.8) is 0 Å². The molecular weight excluding hydrogens is 288 g/mol. The average molecular weight is 297 g/mol. The SMILES string of the molecule is COC(=O)c1cc(OC)c2cc3c(cc2n1)OC(F)(F)O3. The zero-order valence-corrected chi connectivity index (χ0v) is 11.0. The number of halogens is 2. The summed E-state index contributed by atoms with van der Waals surface area (Å²) in [4.78, 5) is 15.6. The van der Waals surface area contributed by atoms with Gasteiger partial charge in [-0.2, -0.15) is 0 Å². The molecule has 0 atom stereocenters. The van der Waals surface area contributed by atoms with E-state index in [9.17, 15) is 13.6 Å². The van der Waals surface area contributed by atoms with E-state index in [2.05, 4.69) is 19.2 Å². The maximum Gasteiger partial charge on any atom is 0.586 e. The summed E-state index contributed by atoms with van der Waals surface area (Å²) in [5, 5.41) is 0.408. The van der Waals surface area contributed by atoms with E-state index in [-0.39, 0.29) is 28.5 Å². The highest BCUT2D eigenvalue weighted by Crippen LogP contribution is 2.44. The second-order valence-electron chi connectivity index (χ2n) is 4.18. The monoisotopic (exact) mass is 297 g/mol. The Labute approximate surface area is 117 Å². The van der Waals surface area contributed by atoms with Crippen LogP contribution >= 0.6 is 0 Å². The van der Waals surface area contributed by atoms with Gasteiger partial charge in [-0.05, 0) is 6.07 Å². The number of alkyl halides is 2. The van der Waals surface area contributed by atoms with Crippen molar-refractivity contribution in [1.29, 1.82) is 0 Å². The Morgan fingerprint density at radius 1 is 1.19 bits per heavy atom. The van der Waals surface area contributed by atoms with Gasteiger partial charge < -0.3 is 18.9 Å². The molecule has 3 rings (SSSR count). The quantitative estimate of drug-likeness (QED) is 0.793. The number of carbonyl (C=O) groups is 1. The van der Waals surface area contributed by atoms with Crippen molar-refractivity contribution in [2.45, 2.75) is 6.29 Å². The first kappa shape index (κ1) is 13.3. The van der Waals surface area contributed by atoms with E-state index in [1.54, 1.807) is 0 Å². The Kier molecular flexibility index (Phi) is 2.82. The molecule has 2 heterocycles. The fraction of sp³-hybridized carbons (Fsp3) is 0.231. The molecule has 21 heavy (non-hydrogen) atoms. The predicted molar refractivity (Wildman–Crippen MR) is 65.8 cm³/mol. The molecule has 0 saturated heterocycles. The van der Waals surface area contributed by atoms with Crippen molar-refractivity contribution >= 4 is 16.9 Å². The van der Waals surface area contributed by atoms with E-state index >= 15 is 0 Å². The van der Waals surface area contributed by atoms with Crippen LogP contribution in [-0.2, 0) is 4.74 Å². The molecule has 1 aromatic heterocycles. The molecule has 6 nitrogen and oxygen atoms in total. The maximum absolute atomic E-state index is 13.1. The van der Waals surface area contributed by atoms with Crippen molar-refractivity contribution in [2.24, 2.45) is 0 Å². The minimum absolute atomic E-state index is 0.00697. The minimum Gasteiger partial charge on any atom is -0.496 e. The first-order chi connectivity index (χ1) is 9.93. The van der Waals surface area contributed by atoms with Crippen LogP contribution in [0.3, 0.4) is 0 Å². The fourth-order valence-electron chi connectivity index (χ4n) is 2.02. The minimum atomic E-state index is -3.72. The molecule has 0 aliphatic carbocycles. The Balaban J connectivity index is 2.21. The summed E-state index contributed by atoms with van der Waals surface area (Å²) in [6.45, 7) is 0. The van der Waals surface area contributed by atoms with Gasteiger partial charge in [0.15, 0.2) is 17.2 Å². The van der Waals surface area contributed by atoms with Crippen LogP contribution in [0, 0.1) is 0 Å². The zero-order chi connectivity index (χ0) is 15.2. The number of benzene rings is 1. The highest BCUT2D eigenvalue weighted by molar-refractivity contribution is 5.95. The summed E-state index contributed by atoms with van der Waals surface area (Å²) in [5.41, 5.74) is 0.238. The summed E-state index contributed by atoms with van der Waals surface area (Å²) in [7, 11) is 2.59. The van der Waals surface area contributed by atoms with E-state index in [0.29, 0.717) is 5.39 Å². The van der Waals surface area contributed by atoms with Gasteiger partial charge in [0, 0.05) is 17.5 Å². The molecular formula is C13H9F2NO5. The fourth-order valence-corrected chi connectivity index (χ4v) is 2.02. The standard InChI is InChI=1S/C13H9F2NO5/c1-18-9-5-8(12(17)19-2)16-7-4-11-10(3-6(7)9)20-13(14,15)21-11/h3-5H,1-2H3. The van der Waals surface area contributed by atoms with Crippen molar-refractivity contribution in [3.8, 4) is 17.2 Å². The van der Waals surface area contributed by atoms with Gasteiger partial charge in [0.1, 0.15) is 5.75 Å². The molecule has 0 radical (unpaired) electrons. The molecule has 8 heteroatoms. The van der Waals surface area contributed by atoms with Crippen molar-refractivity contribution in [2.75, 3.05) is 14.2 Å². The Morgan fingerprint density at radius 3 is 2.48 bits per heavy atom. The number of methoxy groups -OCH3 is 2. The van der Waals surface area contributed by atoms with Crippen molar-refractivity contribution < 1.29 is 32.5 Å². The van der Waals surface area contributed by atoms with E-state index in [1.807, 2.05) is 0 Å². The number of rotatable bonds is 2. The molecule has 0 bridgehead atoms. The van der Waals surface area contributed by atoms with Gasteiger partial charge in [-0.15, -0.1) is 8.78 Å². The Bertz CT molecular complexity index is 747. The number of nitrogens with zero attached hydrogens (tertiary/aromatic N) is 1. The normalized spacial score (nSPS) is 15.0. The number of carbonyl (C=O) groups excluding carboxylic acids is 1. The molecule has 0 unspecified atom stereocenters. The first-order valence-electron chi connectivity index (χ1n) is 5.80. The van der Waals surface area contributed by atoms with Crippen LogP contribution in [-0.4, -0.2) is 31.5 Å². The lowest BCUT2D eigenvalue weighted by atomic mass is 10.1. The van der Waals surface area contributed by atoms with Gasteiger partial charge in [-0.1, -0.05) is 0 Å². The molecule has 1 aliphatic heterocycles. The third-order valence-electron chi connectivity index (χ3n) is 2.91. The van der Waals surface area contributed by atoms with Gasteiger partial charge in [0.25, 0.3) is 0 Å². The summed E-state index contributed by atoms with van der Waals surface area (Å²) in [6.07, 6.45) is -3.72. The number of pyridine rings is 1. The molecule has 0 spiro atoms. The summed E-state index contributed by atoms with van der Waals surface area (Å²) >= 11 is 0. The van der Waals surface area contributed by atoms with Crippen molar-refractivity contribution in [1.82, 2.24) is 4.98 Å². The highest BCUT2D eigenvalue weighted by atomic mass is 19.3. The Hall–Kier alpha value is -2.64. The van der Waals surface area contributed by atoms with Crippen molar-refractivity contribution in [3.05, 3.63) is 23.9 Å². The molecule has 0 fully saturated rings. The molecule has 2 aromatic rings.